The van der Waals surface area contributed by atoms with Gasteiger partial charge in [0.1, 0.15) is 17.2 Å². The van der Waals surface area contributed by atoms with Gasteiger partial charge < -0.3 is 25.4 Å². The van der Waals surface area contributed by atoms with E-state index in [0.29, 0.717) is 49.8 Å². The van der Waals surface area contributed by atoms with Crippen LogP contribution >= 0.6 is 11.8 Å². The largest absolute Gasteiger partial charge is 0.444 e. The monoisotopic (exact) mass is 619 g/mol. The Kier molecular flexibility index (Phi) is 10.8. The first kappa shape index (κ1) is 32.3. The Hall–Kier alpha value is -4.61. The predicted molar refractivity (Wildman–Crippen MR) is 168 cm³/mol. The third kappa shape index (κ3) is 8.27. The molecule has 0 aliphatic heterocycles. The smallest absolute Gasteiger partial charge is 0.407 e. The number of alkyl carbamates (subject to hydrolysis) is 1. The number of carbonyl (C=O) groups is 2. The van der Waals surface area contributed by atoms with Crippen molar-refractivity contribution in [1.29, 1.82) is 5.26 Å². The Bertz CT molecular complexity index is 1650. The molecule has 44 heavy (non-hydrogen) atoms. The minimum absolute atomic E-state index is 0.162. The number of nitriles is 1. The van der Waals surface area contributed by atoms with Crippen LogP contribution in [-0.2, 0) is 22.4 Å². The topological polar surface area (TPSA) is 160 Å². The zero-order valence-electron chi connectivity index (χ0n) is 25.5. The van der Waals surface area contributed by atoms with Crippen molar-refractivity contribution in [2.24, 2.45) is 0 Å². The van der Waals surface area contributed by atoms with Crippen LogP contribution in [-0.4, -0.2) is 74.3 Å². The zero-order valence-corrected chi connectivity index (χ0v) is 26.3. The van der Waals surface area contributed by atoms with Gasteiger partial charge in [-0.25, -0.2) is 14.8 Å². The number of imidazole rings is 1. The summed E-state index contributed by atoms with van der Waals surface area (Å²) < 4.78 is 14.2. The van der Waals surface area contributed by atoms with Crippen LogP contribution in [0.5, 0.6) is 0 Å². The van der Waals surface area contributed by atoms with E-state index in [1.165, 1.54) is 11.8 Å². The fourth-order valence-corrected chi connectivity index (χ4v) is 4.95. The number of benzene rings is 1. The number of nitrogens with zero attached hydrogens (tertiary/aromatic N) is 6. The molecule has 14 heteroatoms. The molecule has 1 aromatic carbocycles. The van der Waals surface area contributed by atoms with Crippen LogP contribution in [0.4, 0.5) is 16.3 Å². The maximum atomic E-state index is 12.9. The molecule has 0 bridgehead atoms. The van der Waals surface area contributed by atoms with Crippen LogP contribution < -0.4 is 16.0 Å². The van der Waals surface area contributed by atoms with Gasteiger partial charge in [-0.3, -0.25) is 13.9 Å². The van der Waals surface area contributed by atoms with E-state index in [2.05, 4.69) is 37.1 Å². The second-order valence-corrected chi connectivity index (χ2v) is 11.5. The quantitative estimate of drug-likeness (QED) is 0.144. The van der Waals surface area contributed by atoms with E-state index in [0.717, 1.165) is 27.5 Å². The first-order chi connectivity index (χ1) is 21.1. The van der Waals surface area contributed by atoms with Gasteiger partial charge in [0.25, 0.3) is 5.91 Å². The standard InChI is InChI=1S/C30H37N9O4S/c1-6-20-17-21(7-8-22(20)27(40)33-11-15-42-16-12-34-29(41)43-30(2,3)4)36-25-26-35-18-24(39(26)14-10-32-25)23-19-38(13-9-31)37-28(23)44-5/h7-8,10,14,17-19H,6,11-13,15-16H2,1-5H3,(H,32,36)(H,33,40)(H,34,41). The third-order valence-electron chi connectivity index (χ3n) is 6.30. The summed E-state index contributed by atoms with van der Waals surface area (Å²) in [7, 11) is 0. The molecule has 0 fully saturated rings. The summed E-state index contributed by atoms with van der Waals surface area (Å²) in [4.78, 5) is 33.7. The van der Waals surface area contributed by atoms with Gasteiger partial charge in [0.2, 0.25) is 0 Å². The number of rotatable bonds is 13. The summed E-state index contributed by atoms with van der Waals surface area (Å²) in [6, 6.07) is 7.67. The summed E-state index contributed by atoms with van der Waals surface area (Å²) in [5, 5.41) is 23.2. The number of fused-ring (bicyclic) bond motifs is 1. The summed E-state index contributed by atoms with van der Waals surface area (Å²) >= 11 is 1.50. The van der Waals surface area contributed by atoms with E-state index in [4.69, 9.17) is 14.7 Å². The number of anilines is 2. The molecule has 0 radical (unpaired) electrons. The van der Waals surface area contributed by atoms with Gasteiger partial charge in [0.05, 0.1) is 36.7 Å². The summed E-state index contributed by atoms with van der Waals surface area (Å²) in [5.74, 6) is 0.370. The summed E-state index contributed by atoms with van der Waals surface area (Å²) in [5.41, 5.74) is 4.02. The molecule has 4 aromatic rings. The van der Waals surface area contributed by atoms with E-state index in [1.54, 1.807) is 43.9 Å². The van der Waals surface area contributed by atoms with E-state index in [-0.39, 0.29) is 12.5 Å². The van der Waals surface area contributed by atoms with Crippen molar-refractivity contribution in [3.8, 4) is 17.3 Å². The number of carbonyl (C=O) groups excluding carboxylic acids is 2. The molecule has 4 rings (SSSR count). The molecule has 0 unspecified atom stereocenters. The second kappa shape index (κ2) is 14.7. The average Bonchev–Trinajstić information content (AvgIpc) is 3.60. The van der Waals surface area contributed by atoms with Crippen molar-refractivity contribution in [3.05, 3.63) is 54.1 Å². The molecule has 2 amide bonds. The van der Waals surface area contributed by atoms with Crippen LogP contribution in [0.15, 0.2) is 48.0 Å². The van der Waals surface area contributed by atoms with Crippen LogP contribution in [0.3, 0.4) is 0 Å². The van der Waals surface area contributed by atoms with Crippen molar-refractivity contribution in [3.63, 3.8) is 0 Å². The SMILES string of the molecule is CCc1cc(Nc2nccn3c(-c4cn(CC#N)nc4SC)cnc23)ccc1C(=O)NCCOCCNC(=O)OC(C)(C)C. The van der Waals surface area contributed by atoms with Crippen LogP contribution in [0.25, 0.3) is 16.9 Å². The van der Waals surface area contributed by atoms with E-state index >= 15 is 0 Å². The van der Waals surface area contributed by atoms with Gasteiger partial charge in [0.15, 0.2) is 11.5 Å². The van der Waals surface area contributed by atoms with Crippen molar-refractivity contribution >= 4 is 40.9 Å². The highest BCUT2D eigenvalue weighted by Crippen LogP contribution is 2.31. The molecule has 0 atom stereocenters. The molecule has 0 saturated carbocycles. The lowest BCUT2D eigenvalue weighted by atomic mass is 10.0. The van der Waals surface area contributed by atoms with Crippen molar-refractivity contribution in [2.45, 2.75) is 51.3 Å². The van der Waals surface area contributed by atoms with E-state index < -0.39 is 11.7 Å². The Labute approximate surface area is 260 Å². The zero-order chi connectivity index (χ0) is 31.7. The van der Waals surface area contributed by atoms with Gasteiger partial charge in [-0.15, -0.1) is 11.8 Å². The van der Waals surface area contributed by atoms with Crippen molar-refractivity contribution in [1.82, 2.24) is 34.8 Å². The molecule has 3 N–H and O–H groups in total. The first-order valence-corrected chi connectivity index (χ1v) is 15.4. The highest BCUT2D eigenvalue weighted by Gasteiger charge is 2.18. The Morgan fingerprint density at radius 2 is 1.91 bits per heavy atom. The Morgan fingerprint density at radius 1 is 1.14 bits per heavy atom. The maximum absolute atomic E-state index is 12.9. The molecular formula is C30H37N9O4S. The van der Waals surface area contributed by atoms with Crippen LogP contribution in [0.1, 0.15) is 43.6 Å². The average molecular weight is 620 g/mol. The molecule has 0 spiro atoms. The van der Waals surface area contributed by atoms with Crippen molar-refractivity contribution in [2.75, 3.05) is 37.9 Å². The molecule has 232 valence electrons. The van der Waals surface area contributed by atoms with Crippen molar-refractivity contribution < 1.29 is 19.1 Å². The number of nitrogens with one attached hydrogen (secondary N) is 3. The number of aryl methyl sites for hydroxylation is 1. The van der Waals surface area contributed by atoms with Crippen LogP contribution in [0.2, 0.25) is 0 Å². The predicted octanol–water partition coefficient (Wildman–Crippen LogP) is 4.42. The van der Waals surface area contributed by atoms with Gasteiger partial charge in [-0.1, -0.05) is 6.92 Å². The molecule has 0 aliphatic rings. The number of amides is 2. The molecule has 13 nitrogen and oxygen atoms in total. The second-order valence-electron chi connectivity index (χ2n) is 10.7. The first-order valence-electron chi connectivity index (χ1n) is 14.2. The highest BCUT2D eigenvalue weighted by atomic mass is 32.2. The molecule has 0 saturated heterocycles. The lowest BCUT2D eigenvalue weighted by Crippen LogP contribution is -2.34. The minimum atomic E-state index is -0.555. The fourth-order valence-electron chi connectivity index (χ4n) is 4.39. The normalized spacial score (nSPS) is 11.3. The lowest BCUT2D eigenvalue weighted by molar-refractivity contribution is 0.0500. The van der Waals surface area contributed by atoms with Gasteiger partial charge in [-0.2, -0.15) is 10.4 Å². The third-order valence-corrected chi connectivity index (χ3v) is 6.99. The number of hydrogen-bond donors (Lipinski definition) is 3. The van der Waals surface area contributed by atoms with E-state index in [9.17, 15) is 9.59 Å². The summed E-state index contributed by atoms with van der Waals surface area (Å²) in [6.45, 7) is 8.81. The molecule has 3 heterocycles. The molecular weight excluding hydrogens is 582 g/mol. The van der Waals surface area contributed by atoms with Crippen LogP contribution in [0, 0.1) is 11.3 Å². The molecule has 3 aromatic heterocycles. The number of ether oxygens (including phenoxy) is 2. The van der Waals surface area contributed by atoms with Gasteiger partial charge >= 0.3 is 6.09 Å². The Morgan fingerprint density at radius 3 is 2.61 bits per heavy atom. The minimum Gasteiger partial charge on any atom is -0.444 e. The van der Waals surface area contributed by atoms with Gasteiger partial charge in [-0.05, 0) is 57.2 Å². The maximum Gasteiger partial charge on any atom is 0.407 e. The Balaban J connectivity index is 1.36. The summed E-state index contributed by atoms with van der Waals surface area (Å²) in [6.07, 6.45) is 9.24. The van der Waals surface area contributed by atoms with E-state index in [1.807, 2.05) is 42.1 Å². The molecule has 0 aliphatic carbocycles. The number of aromatic nitrogens is 5. The van der Waals surface area contributed by atoms with Gasteiger partial charge in [0, 0.05) is 42.9 Å². The number of thioether (sulfide) groups is 1. The number of hydrogen-bond acceptors (Lipinski definition) is 10. The fraction of sp³-hybridized carbons (Fsp3) is 0.400. The lowest BCUT2D eigenvalue weighted by Gasteiger charge is -2.19. The highest BCUT2D eigenvalue weighted by molar-refractivity contribution is 7.98.